The highest BCUT2D eigenvalue weighted by molar-refractivity contribution is 6.08. The van der Waals surface area contributed by atoms with Crippen molar-refractivity contribution in [1.29, 1.82) is 0 Å². The van der Waals surface area contributed by atoms with Crippen molar-refractivity contribution >= 4 is 11.7 Å². The number of rotatable bonds is 12. The van der Waals surface area contributed by atoms with E-state index in [0.29, 0.717) is 67.1 Å². The smallest absolute Gasteiger partial charge is 0.228 e. The number of benzene rings is 3. The largest absolute Gasteiger partial charge is 0.497 e. The van der Waals surface area contributed by atoms with Crippen LogP contribution in [0.2, 0.25) is 0 Å². The zero-order valence-electron chi connectivity index (χ0n) is 33.4. The molecule has 0 spiro atoms. The maximum atomic E-state index is 14.6. The van der Waals surface area contributed by atoms with Crippen LogP contribution >= 0.6 is 0 Å². The predicted molar refractivity (Wildman–Crippen MR) is 214 cm³/mol. The Kier molecular flexibility index (Phi) is 12.6. The number of carbonyl (C=O) groups excluding carboxylic acids is 2. The van der Waals surface area contributed by atoms with E-state index in [1.54, 1.807) is 63.7 Å². The molecule has 0 aliphatic heterocycles. The van der Waals surface area contributed by atoms with Crippen LogP contribution in [0.4, 0.5) is 0 Å². The summed E-state index contributed by atoms with van der Waals surface area (Å²) in [6.07, 6.45) is 7.26. The van der Waals surface area contributed by atoms with E-state index in [2.05, 4.69) is 19.9 Å². The second kappa shape index (κ2) is 17.4. The zero-order chi connectivity index (χ0) is 40.0. The summed E-state index contributed by atoms with van der Waals surface area (Å²) in [7, 11) is 6.31. The third-order valence-electron chi connectivity index (χ3n) is 12.1. The molecule has 4 atom stereocenters. The van der Waals surface area contributed by atoms with Crippen molar-refractivity contribution in [3.8, 4) is 23.0 Å². The van der Waals surface area contributed by atoms with Gasteiger partial charge >= 0.3 is 0 Å². The second-order valence-corrected chi connectivity index (χ2v) is 15.5. The van der Waals surface area contributed by atoms with E-state index in [4.69, 9.17) is 23.4 Å². The zero-order valence-corrected chi connectivity index (χ0v) is 33.4. The van der Waals surface area contributed by atoms with Gasteiger partial charge in [-0.25, -0.2) is 0 Å². The molecular weight excluding hydrogens is 711 g/mol. The van der Waals surface area contributed by atoms with Gasteiger partial charge in [0, 0.05) is 29.2 Å². The molecule has 10 nitrogen and oxygen atoms in total. The van der Waals surface area contributed by atoms with Crippen LogP contribution in [0.5, 0.6) is 23.0 Å². The van der Waals surface area contributed by atoms with Gasteiger partial charge in [-0.1, -0.05) is 36.8 Å². The summed E-state index contributed by atoms with van der Waals surface area (Å²) in [6, 6.07) is 20.2. The predicted octanol–water partition coefficient (Wildman–Crippen LogP) is 7.86. The minimum Gasteiger partial charge on any atom is -0.497 e. The number of hydrogen-bond acceptors (Lipinski definition) is 9. The second-order valence-electron chi connectivity index (χ2n) is 15.5. The van der Waals surface area contributed by atoms with Gasteiger partial charge in [0.25, 0.3) is 0 Å². The van der Waals surface area contributed by atoms with Crippen molar-refractivity contribution in [2.75, 3.05) is 35.0 Å². The number of methoxy groups -OCH3 is 4. The maximum Gasteiger partial charge on any atom is 0.228 e. The summed E-state index contributed by atoms with van der Waals surface area (Å²) in [6.45, 7) is 4.43. The lowest BCUT2D eigenvalue weighted by Gasteiger charge is -2.46. The number of ketones is 1. The van der Waals surface area contributed by atoms with E-state index >= 15 is 0 Å². The van der Waals surface area contributed by atoms with Gasteiger partial charge < -0.3 is 38.5 Å². The number of aliphatic hydroxyl groups excluding tert-OH is 1. The number of hydrogen-bond donors (Lipinski definition) is 2. The van der Waals surface area contributed by atoms with E-state index in [1.807, 2.05) is 36.4 Å². The van der Waals surface area contributed by atoms with Crippen LogP contribution in [0.25, 0.3) is 0 Å². The summed E-state index contributed by atoms with van der Waals surface area (Å²) in [4.78, 5) is 30.5. The number of allylic oxidation sites excluding steroid dienone is 2. The number of furan rings is 1. The first kappa shape index (κ1) is 40.6. The average molecular weight is 766 g/mol. The Balaban J connectivity index is 1.43. The molecule has 0 saturated heterocycles. The van der Waals surface area contributed by atoms with Gasteiger partial charge in [0.05, 0.1) is 59.4 Å². The summed E-state index contributed by atoms with van der Waals surface area (Å²) in [5.41, 5.74) is 2.80. The van der Waals surface area contributed by atoms with Crippen molar-refractivity contribution in [2.45, 2.75) is 89.4 Å². The Morgan fingerprint density at radius 3 is 2.39 bits per heavy atom. The van der Waals surface area contributed by atoms with Gasteiger partial charge in [0.15, 0.2) is 17.3 Å². The number of nitrogens with zero attached hydrogens (tertiary/aromatic N) is 1. The molecule has 1 amide bonds. The SMILES string of the molecule is COc1ccc(CN(C[C@]2(O)CC[C@H]3c4ccc(cc4C(=O)c4ccco4)C[C@@H](O)CCC(C)=CCC[C@@]32C)C(=O)Cc2ccc(OC)c(OC)c2)c(OC)c1. The Labute approximate surface area is 330 Å². The summed E-state index contributed by atoms with van der Waals surface area (Å²) < 4.78 is 27.8. The first-order chi connectivity index (χ1) is 26.9. The maximum absolute atomic E-state index is 14.6. The lowest BCUT2D eigenvalue weighted by Crippen LogP contribution is -2.53. The Bertz CT molecular complexity index is 2040. The highest BCUT2D eigenvalue weighted by atomic mass is 16.5. The molecule has 3 aliphatic rings. The average Bonchev–Trinajstić information content (AvgIpc) is 3.83. The Hall–Kier alpha value is -5.06. The van der Waals surface area contributed by atoms with Crippen LogP contribution < -0.4 is 18.9 Å². The first-order valence-electron chi connectivity index (χ1n) is 19.4. The van der Waals surface area contributed by atoms with Crippen LogP contribution in [0, 0.1) is 5.41 Å². The minimum atomic E-state index is -1.34. The van der Waals surface area contributed by atoms with E-state index in [1.165, 1.54) is 11.8 Å². The van der Waals surface area contributed by atoms with Gasteiger partial charge in [0.1, 0.15) is 11.5 Å². The molecule has 7 rings (SSSR count). The van der Waals surface area contributed by atoms with Crippen LogP contribution in [0.1, 0.15) is 96.7 Å². The number of amides is 1. The highest BCUT2D eigenvalue weighted by Crippen LogP contribution is 2.59. The van der Waals surface area contributed by atoms with Crippen molar-refractivity contribution in [2.24, 2.45) is 5.41 Å². The van der Waals surface area contributed by atoms with Crippen molar-refractivity contribution in [3.63, 3.8) is 0 Å². The molecule has 1 fully saturated rings. The number of aliphatic hydroxyl groups is 2. The fraction of sp³-hybridized carbons (Fsp3) is 0.435. The van der Waals surface area contributed by atoms with Crippen LogP contribution in [0.15, 0.2) is 89.1 Å². The first-order valence-corrected chi connectivity index (χ1v) is 19.4. The summed E-state index contributed by atoms with van der Waals surface area (Å²) in [5, 5.41) is 24.2. The van der Waals surface area contributed by atoms with E-state index in [9.17, 15) is 19.8 Å². The summed E-state index contributed by atoms with van der Waals surface area (Å²) in [5.74, 6) is 1.88. The third-order valence-corrected chi connectivity index (χ3v) is 12.1. The number of carbonyl (C=O) groups is 2. The van der Waals surface area contributed by atoms with E-state index < -0.39 is 17.1 Å². The third kappa shape index (κ3) is 8.51. The number of fused-ring (bicyclic) bond motifs is 8. The normalized spacial score (nSPS) is 22.4. The molecular formula is C46H55NO9. The lowest BCUT2D eigenvalue weighted by atomic mass is 9.64. The van der Waals surface area contributed by atoms with Crippen molar-refractivity contribution in [3.05, 3.63) is 118 Å². The standard InChI is InChI=1S/C46H55NO9/c1-30-9-7-20-45(2)38(36-17-12-31(23-34(48)15-11-30)24-37(36)44(50)40-10-8-22-56-40)19-21-46(45,51)29-47(28-33-14-16-35(52-3)27-41(33)54-5)43(49)26-32-13-18-39(53-4)42(25-32)55-6/h8-10,12-14,16-18,22,24-25,27,34,38,48,51H,7,11,15,19-21,23,26,28-29H2,1-6H3/t34-,38-,45-,46+/m0/s1. The molecule has 1 saturated carbocycles. The van der Waals surface area contributed by atoms with Crippen molar-refractivity contribution < 1.29 is 43.2 Å². The summed E-state index contributed by atoms with van der Waals surface area (Å²) >= 11 is 0. The quantitative estimate of drug-likeness (QED) is 0.110. The number of ether oxygens (including phenoxy) is 4. The highest BCUT2D eigenvalue weighted by Gasteiger charge is 2.57. The van der Waals surface area contributed by atoms with Crippen LogP contribution in [0.3, 0.4) is 0 Å². The molecule has 298 valence electrons. The Morgan fingerprint density at radius 2 is 1.68 bits per heavy atom. The van der Waals surface area contributed by atoms with Gasteiger partial charge in [-0.2, -0.15) is 0 Å². The van der Waals surface area contributed by atoms with Crippen molar-refractivity contribution in [1.82, 2.24) is 4.90 Å². The fourth-order valence-electron chi connectivity index (χ4n) is 8.75. The fourth-order valence-corrected chi connectivity index (χ4v) is 8.75. The van der Waals surface area contributed by atoms with Gasteiger partial charge in [-0.05, 0) is 117 Å². The molecule has 10 heteroatoms. The molecule has 56 heavy (non-hydrogen) atoms. The van der Waals surface area contributed by atoms with Gasteiger partial charge in [-0.15, -0.1) is 0 Å². The van der Waals surface area contributed by atoms with Crippen LogP contribution in [-0.4, -0.2) is 73.5 Å². The molecule has 2 N–H and O–H groups in total. The minimum absolute atomic E-state index is 0.0513. The Morgan fingerprint density at radius 1 is 0.893 bits per heavy atom. The molecule has 1 aromatic heterocycles. The molecule has 3 aliphatic carbocycles. The molecule has 1 heterocycles. The molecule has 2 bridgehead atoms. The topological polar surface area (TPSA) is 128 Å². The molecule has 3 aromatic carbocycles. The van der Waals surface area contributed by atoms with Gasteiger partial charge in [-0.3, -0.25) is 9.59 Å². The monoisotopic (exact) mass is 765 g/mol. The van der Waals surface area contributed by atoms with Crippen LogP contribution in [-0.2, 0) is 24.2 Å². The lowest BCUT2D eigenvalue weighted by molar-refractivity contribution is -0.140. The van der Waals surface area contributed by atoms with Gasteiger partial charge in [0.2, 0.25) is 11.7 Å². The van der Waals surface area contributed by atoms with E-state index in [-0.39, 0.29) is 42.9 Å². The molecule has 0 unspecified atom stereocenters. The molecule has 4 aromatic rings. The van der Waals surface area contributed by atoms with E-state index in [0.717, 1.165) is 28.7 Å². The molecule has 0 radical (unpaired) electrons.